The van der Waals surface area contributed by atoms with Crippen molar-refractivity contribution in [2.75, 3.05) is 26.2 Å². The predicted octanol–water partition coefficient (Wildman–Crippen LogP) is 2.72. The summed E-state index contributed by atoms with van der Waals surface area (Å²) in [4.78, 5) is 20.3. The zero-order valence-corrected chi connectivity index (χ0v) is 19.2. The molecule has 3 aromatic rings. The van der Waals surface area contributed by atoms with Crippen molar-refractivity contribution >= 4 is 49.8 Å². The fourth-order valence-corrected chi connectivity index (χ4v) is 6.47. The molecular formula is C20H21ClN4O4S2. The third kappa shape index (κ3) is 3.87. The highest BCUT2D eigenvalue weighted by Crippen LogP contribution is 2.29. The Hall–Kier alpha value is -1.98. The highest BCUT2D eigenvalue weighted by atomic mass is 35.5. The summed E-state index contributed by atoms with van der Waals surface area (Å²) in [7, 11) is -3.79. The van der Waals surface area contributed by atoms with Gasteiger partial charge in [0.05, 0.1) is 5.69 Å². The van der Waals surface area contributed by atoms with E-state index in [1.54, 1.807) is 23.1 Å². The number of nitrogens with one attached hydrogen (secondary N) is 1. The van der Waals surface area contributed by atoms with E-state index in [1.165, 1.54) is 21.7 Å². The van der Waals surface area contributed by atoms with Crippen LogP contribution >= 0.6 is 22.9 Å². The molecule has 1 amide bonds. The van der Waals surface area contributed by atoms with Crippen LogP contribution in [0.4, 0.5) is 0 Å². The number of nitrogens with zero attached hydrogens (tertiary/aromatic N) is 3. The predicted molar refractivity (Wildman–Crippen MR) is 118 cm³/mol. The van der Waals surface area contributed by atoms with Crippen LogP contribution < -0.4 is 5.32 Å². The van der Waals surface area contributed by atoms with Crippen molar-refractivity contribution in [1.82, 2.24) is 19.5 Å². The molecule has 1 N–H and O–H groups in total. The molecule has 1 aromatic carbocycles. The topological polar surface area (TPSA) is 95.8 Å². The van der Waals surface area contributed by atoms with Gasteiger partial charge in [0.15, 0.2) is 5.01 Å². The Kier molecular flexibility index (Phi) is 5.30. The van der Waals surface area contributed by atoms with Crippen molar-refractivity contribution in [2.24, 2.45) is 0 Å². The minimum absolute atomic E-state index is 0.112. The number of furan rings is 1. The van der Waals surface area contributed by atoms with E-state index in [1.807, 2.05) is 0 Å². The SMILES string of the molecule is CC1Cc2nc(C(=O)N3CCN(S(=O)(=O)c4cc5cc(Cl)ccc5o4)CC3)sc2CN1. The lowest BCUT2D eigenvalue weighted by Crippen LogP contribution is -2.50. The Labute approximate surface area is 188 Å². The molecule has 4 heterocycles. The molecule has 11 heteroatoms. The van der Waals surface area contributed by atoms with Gasteiger partial charge in [0.2, 0.25) is 5.09 Å². The van der Waals surface area contributed by atoms with Gasteiger partial charge in [0.1, 0.15) is 5.58 Å². The number of halogens is 1. The smallest absolute Gasteiger partial charge is 0.282 e. The Balaban J connectivity index is 1.28. The maximum Gasteiger partial charge on any atom is 0.282 e. The lowest BCUT2D eigenvalue weighted by Gasteiger charge is -2.32. The molecule has 0 bridgehead atoms. The number of piperazine rings is 1. The lowest BCUT2D eigenvalue weighted by molar-refractivity contribution is 0.0696. The largest absolute Gasteiger partial charge is 0.443 e. The van der Waals surface area contributed by atoms with Crippen LogP contribution in [-0.4, -0.2) is 60.7 Å². The van der Waals surface area contributed by atoms with Gasteiger partial charge in [0.25, 0.3) is 15.9 Å². The number of fused-ring (bicyclic) bond motifs is 2. The number of amides is 1. The summed E-state index contributed by atoms with van der Waals surface area (Å²) in [5.74, 6) is -0.137. The minimum Gasteiger partial charge on any atom is -0.443 e. The third-order valence-electron chi connectivity index (χ3n) is 5.65. The molecule has 0 saturated carbocycles. The van der Waals surface area contributed by atoms with E-state index < -0.39 is 10.0 Å². The number of rotatable bonds is 3. The second-order valence-corrected chi connectivity index (χ2v) is 11.2. The van der Waals surface area contributed by atoms with Crippen LogP contribution in [0.3, 0.4) is 0 Å². The molecule has 0 radical (unpaired) electrons. The number of thiazole rings is 1. The van der Waals surface area contributed by atoms with Gasteiger partial charge in [0, 0.05) is 66.5 Å². The number of carbonyl (C=O) groups is 1. The minimum atomic E-state index is -3.79. The Bertz CT molecular complexity index is 1260. The highest BCUT2D eigenvalue weighted by Gasteiger charge is 2.34. The molecule has 0 spiro atoms. The molecule has 5 rings (SSSR count). The second-order valence-electron chi connectivity index (χ2n) is 7.82. The Morgan fingerprint density at radius 1 is 1.26 bits per heavy atom. The van der Waals surface area contributed by atoms with Gasteiger partial charge in [-0.25, -0.2) is 13.4 Å². The fourth-order valence-electron chi connectivity index (χ4n) is 3.91. The zero-order valence-electron chi connectivity index (χ0n) is 16.8. The van der Waals surface area contributed by atoms with Gasteiger partial charge >= 0.3 is 0 Å². The van der Waals surface area contributed by atoms with Gasteiger partial charge in [-0.2, -0.15) is 4.31 Å². The van der Waals surface area contributed by atoms with Gasteiger partial charge in [-0.05, 0) is 25.1 Å². The summed E-state index contributed by atoms with van der Waals surface area (Å²) in [6.07, 6.45) is 0.813. The molecule has 1 unspecified atom stereocenters. The molecule has 0 aliphatic carbocycles. The number of hydrogen-bond acceptors (Lipinski definition) is 7. The molecule has 2 aromatic heterocycles. The van der Waals surface area contributed by atoms with Crippen LogP contribution in [0, 0.1) is 0 Å². The van der Waals surface area contributed by atoms with Gasteiger partial charge in [-0.15, -0.1) is 11.3 Å². The van der Waals surface area contributed by atoms with E-state index in [4.69, 9.17) is 16.0 Å². The fraction of sp³-hybridized carbons (Fsp3) is 0.400. The molecule has 8 nitrogen and oxygen atoms in total. The van der Waals surface area contributed by atoms with Gasteiger partial charge < -0.3 is 14.6 Å². The van der Waals surface area contributed by atoms with E-state index in [0.717, 1.165) is 23.5 Å². The first-order valence-electron chi connectivity index (χ1n) is 10.0. The quantitative estimate of drug-likeness (QED) is 0.619. The first-order valence-corrected chi connectivity index (χ1v) is 12.7. The number of hydrogen-bond donors (Lipinski definition) is 1. The molecule has 2 aliphatic heterocycles. The van der Waals surface area contributed by atoms with E-state index in [2.05, 4.69) is 17.2 Å². The van der Waals surface area contributed by atoms with Crippen molar-refractivity contribution < 1.29 is 17.6 Å². The average Bonchev–Trinajstić information content (AvgIpc) is 3.37. The zero-order chi connectivity index (χ0) is 21.8. The van der Waals surface area contributed by atoms with E-state index in [9.17, 15) is 13.2 Å². The van der Waals surface area contributed by atoms with Crippen LogP contribution in [0.2, 0.25) is 5.02 Å². The van der Waals surface area contributed by atoms with Crippen molar-refractivity contribution in [3.63, 3.8) is 0 Å². The number of aromatic nitrogens is 1. The number of sulfonamides is 1. The molecule has 164 valence electrons. The lowest BCUT2D eigenvalue weighted by atomic mass is 10.1. The maximum absolute atomic E-state index is 13.0. The van der Waals surface area contributed by atoms with Crippen molar-refractivity contribution in [3.05, 3.63) is 44.9 Å². The summed E-state index contributed by atoms with van der Waals surface area (Å²) in [5, 5.41) is 4.89. The Morgan fingerprint density at radius 3 is 2.81 bits per heavy atom. The first-order chi connectivity index (χ1) is 14.8. The van der Waals surface area contributed by atoms with Gasteiger partial charge in [-0.1, -0.05) is 11.6 Å². The number of benzene rings is 1. The van der Waals surface area contributed by atoms with Crippen LogP contribution in [0.5, 0.6) is 0 Å². The van der Waals surface area contributed by atoms with Crippen LogP contribution in [0.15, 0.2) is 33.8 Å². The molecular weight excluding hydrogens is 460 g/mol. The summed E-state index contributed by atoms with van der Waals surface area (Å²) >= 11 is 7.40. The van der Waals surface area contributed by atoms with Gasteiger partial charge in [-0.3, -0.25) is 4.79 Å². The van der Waals surface area contributed by atoms with Crippen molar-refractivity contribution in [1.29, 1.82) is 0 Å². The standard InChI is InChI=1S/C20H21ClN4O4S2/c1-12-8-15-17(11-22-12)30-19(23-15)20(26)24-4-6-25(7-5-24)31(27,28)18-10-13-9-14(21)2-3-16(13)29-18/h2-3,9-10,12,22H,4-8,11H2,1H3. The van der Waals surface area contributed by atoms with E-state index >= 15 is 0 Å². The van der Waals surface area contributed by atoms with Crippen molar-refractivity contribution in [2.45, 2.75) is 31.0 Å². The first kappa shape index (κ1) is 20.9. The van der Waals surface area contributed by atoms with Crippen molar-refractivity contribution in [3.8, 4) is 0 Å². The normalized spacial score (nSPS) is 20.2. The second kappa shape index (κ2) is 7.86. The highest BCUT2D eigenvalue weighted by molar-refractivity contribution is 7.89. The number of carbonyl (C=O) groups excluding carboxylic acids is 1. The van der Waals surface area contributed by atoms with E-state index in [0.29, 0.717) is 40.1 Å². The monoisotopic (exact) mass is 480 g/mol. The maximum atomic E-state index is 13.0. The van der Waals surface area contributed by atoms with Crippen LogP contribution in [0.1, 0.15) is 27.3 Å². The van der Waals surface area contributed by atoms with Crippen LogP contribution in [0.25, 0.3) is 11.0 Å². The molecule has 2 aliphatic rings. The molecule has 31 heavy (non-hydrogen) atoms. The van der Waals surface area contributed by atoms with E-state index in [-0.39, 0.29) is 24.1 Å². The summed E-state index contributed by atoms with van der Waals surface area (Å²) in [5.41, 5.74) is 1.46. The summed E-state index contributed by atoms with van der Waals surface area (Å²) in [6.45, 7) is 3.85. The molecule has 1 fully saturated rings. The summed E-state index contributed by atoms with van der Waals surface area (Å²) < 4.78 is 33.0. The molecule has 1 atom stereocenters. The Morgan fingerprint density at radius 2 is 2.03 bits per heavy atom. The third-order valence-corrected chi connectivity index (χ3v) is 8.72. The summed E-state index contributed by atoms with van der Waals surface area (Å²) in [6, 6.07) is 6.81. The average molecular weight is 481 g/mol. The molecule has 1 saturated heterocycles. The van der Waals surface area contributed by atoms with Crippen LogP contribution in [-0.2, 0) is 23.0 Å².